The predicted octanol–water partition coefficient (Wildman–Crippen LogP) is 3.65. The molecule has 2 aliphatic carbocycles. The Morgan fingerprint density at radius 1 is 1.12 bits per heavy atom. The number of nitrogens with one attached hydrogen (secondary N) is 1. The summed E-state index contributed by atoms with van der Waals surface area (Å²) in [6, 6.07) is 7.28. The van der Waals surface area contributed by atoms with E-state index in [-0.39, 0.29) is 17.7 Å². The molecule has 0 aromatic heterocycles. The van der Waals surface area contributed by atoms with E-state index in [1.54, 1.807) is 12.1 Å². The summed E-state index contributed by atoms with van der Waals surface area (Å²) in [4.78, 5) is 24.5. The Hall–Kier alpha value is -1.81. The number of carbonyl (C=O) groups is 2. The van der Waals surface area contributed by atoms with E-state index in [4.69, 9.17) is 11.6 Å². The van der Waals surface area contributed by atoms with Crippen LogP contribution in [0.3, 0.4) is 0 Å². The van der Waals surface area contributed by atoms with Gasteiger partial charge in [0.25, 0.3) is 0 Å². The van der Waals surface area contributed by atoms with E-state index in [9.17, 15) is 14.7 Å². The fourth-order valence-electron chi connectivity index (χ4n) is 4.51. The number of carboxylic acids is 1. The first kappa shape index (κ1) is 17.0. The highest BCUT2D eigenvalue weighted by molar-refractivity contribution is 6.30. The molecule has 0 aliphatic heterocycles. The third kappa shape index (κ3) is 2.95. The number of carbonyl (C=O) groups excluding carboxylic acids is 1. The van der Waals surface area contributed by atoms with Crippen molar-refractivity contribution in [3.8, 4) is 0 Å². The molecule has 1 amide bonds. The minimum absolute atomic E-state index is 0.0174. The third-order valence-electron chi connectivity index (χ3n) is 5.39. The molecule has 0 spiro atoms. The van der Waals surface area contributed by atoms with Crippen molar-refractivity contribution in [2.75, 3.05) is 0 Å². The van der Waals surface area contributed by atoms with E-state index >= 15 is 0 Å². The zero-order chi connectivity index (χ0) is 17.4. The molecule has 24 heavy (non-hydrogen) atoms. The van der Waals surface area contributed by atoms with E-state index < -0.39 is 17.8 Å². The highest BCUT2D eigenvalue weighted by atomic mass is 35.5. The van der Waals surface area contributed by atoms with Crippen molar-refractivity contribution in [3.63, 3.8) is 0 Å². The molecular weight excluding hydrogens is 326 g/mol. The Morgan fingerprint density at radius 3 is 2.25 bits per heavy atom. The maximum absolute atomic E-state index is 12.7. The molecule has 5 heteroatoms. The van der Waals surface area contributed by atoms with Gasteiger partial charge in [0.2, 0.25) is 5.91 Å². The summed E-state index contributed by atoms with van der Waals surface area (Å²) in [5.41, 5.74) is 3.32. The van der Waals surface area contributed by atoms with Crippen LogP contribution in [0, 0.1) is 23.7 Å². The normalized spacial score (nSPS) is 28.0. The number of halogens is 1. The van der Waals surface area contributed by atoms with Crippen LogP contribution in [0.4, 0.5) is 0 Å². The largest absolute Gasteiger partial charge is 0.481 e. The van der Waals surface area contributed by atoms with Crippen LogP contribution in [0.2, 0.25) is 5.02 Å². The summed E-state index contributed by atoms with van der Waals surface area (Å²) in [5.74, 6) is -1.97. The van der Waals surface area contributed by atoms with Crippen LogP contribution in [0.15, 0.2) is 35.4 Å². The maximum Gasteiger partial charge on any atom is 0.307 e. The van der Waals surface area contributed by atoms with Gasteiger partial charge in [-0.1, -0.05) is 34.9 Å². The Labute approximate surface area is 146 Å². The van der Waals surface area contributed by atoms with Gasteiger partial charge in [0.1, 0.15) is 0 Å². The lowest BCUT2D eigenvalue weighted by Crippen LogP contribution is -2.41. The van der Waals surface area contributed by atoms with Crippen molar-refractivity contribution in [2.45, 2.75) is 33.2 Å². The molecule has 2 bridgehead atoms. The van der Waals surface area contributed by atoms with Crippen molar-refractivity contribution in [3.05, 3.63) is 46.0 Å². The number of amides is 1. The Balaban J connectivity index is 1.77. The summed E-state index contributed by atoms with van der Waals surface area (Å²) < 4.78 is 0. The number of hydrogen-bond acceptors (Lipinski definition) is 2. The number of hydrogen-bond donors (Lipinski definition) is 2. The van der Waals surface area contributed by atoms with Crippen molar-refractivity contribution in [1.82, 2.24) is 5.32 Å². The molecule has 4 atom stereocenters. The number of fused-ring (bicyclic) bond motifs is 2. The highest BCUT2D eigenvalue weighted by Crippen LogP contribution is 2.57. The predicted molar refractivity (Wildman–Crippen MR) is 92.5 cm³/mol. The molecule has 2 fully saturated rings. The first-order valence-electron chi connectivity index (χ1n) is 8.32. The molecule has 2 aliphatic rings. The van der Waals surface area contributed by atoms with Crippen molar-refractivity contribution >= 4 is 23.5 Å². The third-order valence-corrected chi connectivity index (χ3v) is 5.64. The summed E-state index contributed by atoms with van der Waals surface area (Å²) in [6.45, 7) is 4.43. The number of aliphatic carboxylic acids is 1. The fraction of sp³-hybridized carbons (Fsp3) is 0.474. The van der Waals surface area contributed by atoms with Gasteiger partial charge in [0.05, 0.1) is 11.8 Å². The molecule has 1 aromatic rings. The van der Waals surface area contributed by atoms with Gasteiger partial charge in [0, 0.05) is 11.6 Å². The minimum Gasteiger partial charge on any atom is -0.481 e. The van der Waals surface area contributed by atoms with Crippen LogP contribution in [0.1, 0.15) is 32.3 Å². The second-order valence-electron chi connectivity index (χ2n) is 6.98. The Bertz CT molecular complexity index is 691. The van der Waals surface area contributed by atoms with Gasteiger partial charge in [-0.25, -0.2) is 0 Å². The average molecular weight is 348 g/mol. The lowest BCUT2D eigenvalue weighted by Gasteiger charge is -2.26. The molecule has 1 aromatic carbocycles. The Kier molecular flexibility index (Phi) is 4.68. The zero-order valence-corrected chi connectivity index (χ0v) is 14.6. The summed E-state index contributed by atoms with van der Waals surface area (Å²) in [5, 5.41) is 13.2. The van der Waals surface area contributed by atoms with Crippen molar-refractivity contribution < 1.29 is 14.7 Å². The first-order chi connectivity index (χ1) is 11.4. The highest BCUT2D eigenvalue weighted by Gasteiger charge is 2.57. The van der Waals surface area contributed by atoms with Crippen molar-refractivity contribution in [1.29, 1.82) is 0 Å². The number of benzene rings is 1. The monoisotopic (exact) mass is 347 g/mol. The van der Waals surface area contributed by atoms with Crippen LogP contribution in [-0.2, 0) is 16.1 Å². The average Bonchev–Trinajstić information content (AvgIpc) is 3.10. The van der Waals surface area contributed by atoms with Crippen LogP contribution in [-0.4, -0.2) is 17.0 Å². The van der Waals surface area contributed by atoms with Crippen LogP contribution in [0.25, 0.3) is 0 Å². The quantitative estimate of drug-likeness (QED) is 0.817. The maximum atomic E-state index is 12.7. The smallest absolute Gasteiger partial charge is 0.307 e. The fourth-order valence-corrected chi connectivity index (χ4v) is 4.64. The molecule has 2 N–H and O–H groups in total. The minimum atomic E-state index is -0.854. The van der Waals surface area contributed by atoms with Gasteiger partial charge in [-0.2, -0.15) is 0 Å². The van der Waals surface area contributed by atoms with Gasteiger partial charge in [-0.05, 0) is 56.2 Å². The van der Waals surface area contributed by atoms with E-state index in [2.05, 4.69) is 5.32 Å². The van der Waals surface area contributed by atoms with Gasteiger partial charge in [-0.15, -0.1) is 0 Å². The lowest BCUT2D eigenvalue weighted by molar-refractivity contribution is -0.149. The van der Waals surface area contributed by atoms with Crippen LogP contribution in [0.5, 0.6) is 0 Å². The summed E-state index contributed by atoms with van der Waals surface area (Å²) in [6.07, 6.45) is 1.79. The van der Waals surface area contributed by atoms with E-state index in [0.29, 0.717) is 11.6 Å². The molecule has 0 heterocycles. The Morgan fingerprint density at radius 2 is 1.71 bits per heavy atom. The molecule has 128 valence electrons. The van der Waals surface area contributed by atoms with E-state index in [1.807, 2.05) is 26.0 Å². The molecular formula is C19H22ClNO3. The molecule has 3 rings (SSSR count). The second kappa shape index (κ2) is 6.60. The second-order valence-corrected chi connectivity index (χ2v) is 7.42. The summed E-state index contributed by atoms with van der Waals surface area (Å²) in [7, 11) is 0. The zero-order valence-electron chi connectivity index (χ0n) is 13.9. The topological polar surface area (TPSA) is 66.4 Å². The van der Waals surface area contributed by atoms with E-state index in [0.717, 1.165) is 18.4 Å². The number of rotatable bonds is 4. The summed E-state index contributed by atoms with van der Waals surface area (Å²) >= 11 is 5.86. The molecule has 4 nitrogen and oxygen atoms in total. The van der Waals surface area contributed by atoms with E-state index in [1.165, 1.54) is 11.1 Å². The van der Waals surface area contributed by atoms with Gasteiger partial charge >= 0.3 is 5.97 Å². The lowest BCUT2D eigenvalue weighted by atomic mass is 9.78. The molecule has 0 saturated heterocycles. The van der Waals surface area contributed by atoms with Gasteiger partial charge in [-0.3, -0.25) is 9.59 Å². The SMILES string of the molecule is CC(C)=C1[C@H]2CC[C@@H]1[C@H](C(=O)NCc1ccc(Cl)cc1)[C@@H]2C(=O)O. The van der Waals surface area contributed by atoms with Crippen LogP contribution < -0.4 is 5.32 Å². The molecule has 0 radical (unpaired) electrons. The first-order valence-corrected chi connectivity index (χ1v) is 8.70. The van der Waals surface area contributed by atoms with Gasteiger partial charge in [0.15, 0.2) is 0 Å². The number of carboxylic acid groups (broad SMARTS) is 1. The van der Waals surface area contributed by atoms with Crippen molar-refractivity contribution in [2.24, 2.45) is 23.7 Å². The van der Waals surface area contributed by atoms with Crippen LogP contribution >= 0.6 is 11.6 Å². The van der Waals surface area contributed by atoms with Gasteiger partial charge < -0.3 is 10.4 Å². The molecule has 2 saturated carbocycles. The number of allylic oxidation sites excluding steroid dienone is 2. The standard InChI is InChI=1S/C19H22ClNO3/c1-10(2)15-13-7-8-14(15)17(19(23)24)16(13)18(22)21-9-11-3-5-12(20)6-4-11/h3-6,13-14,16-17H,7-9H2,1-2H3,(H,21,22)(H,23,24)/t13-,14+,16-,17+/m0/s1. The molecule has 0 unspecified atom stereocenters.